The molecular weight excluding hydrogens is 407 g/mol. The van der Waals surface area contributed by atoms with Gasteiger partial charge in [0.25, 0.3) is 5.91 Å². The van der Waals surface area contributed by atoms with Gasteiger partial charge in [0.05, 0.1) is 5.56 Å². The van der Waals surface area contributed by atoms with Crippen LogP contribution in [0.1, 0.15) is 27.0 Å². The van der Waals surface area contributed by atoms with Crippen LogP contribution in [0.5, 0.6) is 0 Å². The van der Waals surface area contributed by atoms with Gasteiger partial charge in [-0.3, -0.25) is 4.79 Å². The number of hydrogen-bond donors (Lipinski definition) is 2. The highest BCUT2D eigenvalue weighted by Gasteiger charge is 2.31. The number of carbonyl (C=O) groups excluding carboxylic acids is 1. The Morgan fingerprint density at radius 3 is 2.39 bits per heavy atom. The number of benzene rings is 2. The molecule has 1 heterocycles. The Bertz CT molecular complexity index is 1100. The maximum absolute atomic E-state index is 13.3. The monoisotopic (exact) mass is 429 g/mol. The maximum atomic E-state index is 13.3. The van der Waals surface area contributed by atoms with Crippen molar-refractivity contribution in [2.45, 2.75) is 19.6 Å². The summed E-state index contributed by atoms with van der Waals surface area (Å²) >= 11 is 0. The van der Waals surface area contributed by atoms with Crippen molar-refractivity contribution in [2.24, 2.45) is 0 Å². The number of alkyl halides is 3. The molecular formula is C22H22F3N5O. The lowest BCUT2D eigenvalue weighted by Gasteiger charge is -2.16. The first-order valence-electron chi connectivity index (χ1n) is 9.39. The fourth-order valence-corrected chi connectivity index (χ4v) is 3.14. The van der Waals surface area contributed by atoms with Gasteiger partial charge in [0.1, 0.15) is 0 Å². The highest BCUT2D eigenvalue weighted by atomic mass is 19.4. The number of carbonyl (C=O) groups is 1. The summed E-state index contributed by atoms with van der Waals surface area (Å²) in [6.45, 7) is 2.17. The number of nitrogens with zero attached hydrogens (tertiary/aromatic N) is 3. The van der Waals surface area contributed by atoms with Crippen molar-refractivity contribution in [1.29, 1.82) is 0 Å². The zero-order valence-corrected chi connectivity index (χ0v) is 17.3. The Labute approximate surface area is 177 Å². The largest absolute Gasteiger partial charge is 0.416 e. The van der Waals surface area contributed by atoms with Crippen molar-refractivity contribution in [3.63, 3.8) is 0 Å². The van der Waals surface area contributed by atoms with E-state index in [1.165, 1.54) is 6.07 Å². The third-order valence-corrected chi connectivity index (χ3v) is 4.56. The molecule has 2 aromatic carbocycles. The van der Waals surface area contributed by atoms with E-state index in [9.17, 15) is 18.0 Å². The van der Waals surface area contributed by atoms with Crippen LogP contribution in [-0.2, 0) is 12.7 Å². The van der Waals surface area contributed by atoms with E-state index in [4.69, 9.17) is 5.73 Å². The second kappa shape index (κ2) is 8.73. The second-order valence-corrected chi connectivity index (χ2v) is 7.47. The minimum absolute atomic E-state index is 0.0783. The lowest BCUT2D eigenvalue weighted by atomic mass is 10.00. The van der Waals surface area contributed by atoms with Crippen LogP contribution in [-0.4, -0.2) is 34.9 Å². The van der Waals surface area contributed by atoms with Crippen LogP contribution in [0.3, 0.4) is 0 Å². The van der Waals surface area contributed by atoms with Crippen LogP contribution >= 0.6 is 0 Å². The van der Waals surface area contributed by atoms with E-state index in [0.717, 1.165) is 23.3 Å². The molecule has 1 amide bonds. The molecule has 0 atom stereocenters. The molecule has 0 saturated carbocycles. The van der Waals surface area contributed by atoms with Gasteiger partial charge in [-0.15, -0.1) is 0 Å². The summed E-state index contributed by atoms with van der Waals surface area (Å²) in [6.07, 6.45) is -1.42. The summed E-state index contributed by atoms with van der Waals surface area (Å²) in [5.74, 6) is -0.388. The maximum Gasteiger partial charge on any atom is 0.416 e. The first kappa shape index (κ1) is 22.2. The Kier molecular flexibility index (Phi) is 6.26. The molecule has 0 aliphatic heterocycles. The molecule has 0 bridgehead atoms. The number of amides is 1. The van der Waals surface area contributed by atoms with Crippen LogP contribution in [0.15, 0.2) is 48.8 Å². The first-order chi connectivity index (χ1) is 14.5. The van der Waals surface area contributed by atoms with Gasteiger partial charge in [0.15, 0.2) is 0 Å². The van der Waals surface area contributed by atoms with E-state index >= 15 is 0 Å². The number of nitrogens with two attached hydrogens (primary N) is 1. The summed E-state index contributed by atoms with van der Waals surface area (Å²) in [5.41, 5.74) is 7.81. The van der Waals surface area contributed by atoms with Crippen molar-refractivity contribution >= 4 is 17.5 Å². The molecule has 162 valence electrons. The van der Waals surface area contributed by atoms with Gasteiger partial charge in [0.2, 0.25) is 5.95 Å². The third kappa shape index (κ3) is 5.58. The molecule has 9 heteroatoms. The SMILES string of the molecule is Cc1ccc(C(=O)Nc2cc(CN(C)C)cc(C(F)(F)F)c2)cc1-c1cnc(N)nc1. The van der Waals surface area contributed by atoms with Gasteiger partial charge < -0.3 is 16.0 Å². The summed E-state index contributed by atoms with van der Waals surface area (Å²) in [4.78, 5) is 22.5. The van der Waals surface area contributed by atoms with Gasteiger partial charge >= 0.3 is 6.18 Å². The van der Waals surface area contributed by atoms with E-state index < -0.39 is 17.6 Å². The summed E-state index contributed by atoms with van der Waals surface area (Å²) in [7, 11) is 3.51. The number of halogens is 3. The zero-order chi connectivity index (χ0) is 22.8. The predicted molar refractivity (Wildman–Crippen MR) is 113 cm³/mol. The minimum atomic E-state index is -4.52. The van der Waals surface area contributed by atoms with Crippen LogP contribution in [0, 0.1) is 6.92 Å². The molecule has 0 aliphatic rings. The zero-order valence-electron chi connectivity index (χ0n) is 17.3. The molecule has 0 fully saturated rings. The van der Waals surface area contributed by atoms with Gasteiger partial charge in [-0.2, -0.15) is 13.2 Å². The highest BCUT2D eigenvalue weighted by molar-refractivity contribution is 6.05. The van der Waals surface area contributed by atoms with Crippen molar-refractivity contribution in [3.05, 3.63) is 71.0 Å². The first-order valence-corrected chi connectivity index (χ1v) is 9.39. The number of hydrogen-bond acceptors (Lipinski definition) is 5. The Balaban J connectivity index is 1.92. The molecule has 3 N–H and O–H groups in total. The van der Waals surface area contributed by atoms with Crippen molar-refractivity contribution in [2.75, 3.05) is 25.1 Å². The van der Waals surface area contributed by atoms with Crippen LogP contribution < -0.4 is 11.1 Å². The molecule has 0 saturated heterocycles. The lowest BCUT2D eigenvalue weighted by Crippen LogP contribution is -2.16. The molecule has 3 rings (SSSR count). The van der Waals surface area contributed by atoms with Gasteiger partial charge in [-0.05, 0) is 68.0 Å². The fraction of sp³-hybridized carbons (Fsp3) is 0.227. The lowest BCUT2D eigenvalue weighted by molar-refractivity contribution is -0.137. The van der Waals surface area contributed by atoms with Crippen molar-refractivity contribution < 1.29 is 18.0 Å². The smallest absolute Gasteiger partial charge is 0.368 e. The third-order valence-electron chi connectivity index (χ3n) is 4.56. The summed E-state index contributed by atoms with van der Waals surface area (Å²) < 4.78 is 39.9. The number of nitrogens with one attached hydrogen (secondary N) is 1. The minimum Gasteiger partial charge on any atom is -0.368 e. The summed E-state index contributed by atoms with van der Waals surface area (Å²) in [5, 5.41) is 2.58. The number of anilines is 2. The van der Waals surface area contributed by atoms with E-state index in [0.29, 0.717) is 23.2 Å². The van der Waals surface area contributed by atoms with E-state index in [1.54, 1.807) is 49.6 Å². The quantitative estimate of drug-likeness (QED) is 0.629. The predicted octanol–water partition coefficient (Wildman–Crippen LogP) is 4.37. The van der Waals surface area contributed by atoms with Crippen LogP contribution in [0.2, 0.25) is 0 Å². The molecule has 6 nitrogen and oxygen atoms in total. The van der Waals surface area contributed by atoms with E-state index in [1.807, 2.05) is 6.92 Å². The van der Waals surface area contributed by atoms with Crippen molar-refractivity contribution in [1.82, 2.24) is 14.9 Å². The molecule has 1 aromatic heterocycles. The topological polar surface area (TPSA) is 84.1 Å². The van der Waals surface area contributed by atoms with Gasteiger partial charge in [-0.25, -0.2) is 9.97 Å². The van der Waals surface area contributed by atoms with Crippen LogP contribution in [0.4, 0.5) is 24.8 Å². The number of aryl methyl sites for hydroxylation is 1. The van der Waals surface area contributed by atoms with Crippen LogP contribution in [0.25, 0.3) is 11.1 Å². The Hall–Kier alpha value is -3.46. The molecule has 31 heavy (non-hydrogen) atoms. The Morgan fingerprint density at radius 1 is 1.10 bits per heavy atom. The fourth-order valence-electron chi connectivity index (χ4n) is 3.14. The molecule has 0 spiro atoms. The van der Waals surface area contributed by atoms with Gasteiger partial charge in [0, 0.05) is 35.8 Å². The Morgan fingerprint density at radius 2 is 1.77 bits per heavy atom. The highest BCUT2D eigenvalue weighted by Crippen LogP contribution is 2.32. The number of nitrogen functional groups attached to an aromatic ring is 1. The second-order valence-electron chi connectivity index (χ2n) is 7.47. The van der Waals surface area contributed by atoms with Gasteiger partial charge in [-0.1, -0.05) is 6.07 Å². The normalized spacial score (nSPS) is 11.6. The molecule has 0 radical (unpaired) electrons. The molecule has 0 unspecified atom stereocenters. The molecule has 3 aromatic rings. The number of rotatable bonds is 5. The molecule has 0 aliphatic carbocycles. The number of aromatic nitrogens is 2. The van der Waals surface area contributed by atoms with E-state index in [-0.39, 0.29) is 11.6 Å². The standard InChI is InChI=1S/C22H22F3N5O/c1-13-4-5-15(8-19(13)16-10-27-21(26)28-11-16)20(31)29-18-7-14(12-30(2)3)6-17(9-18)22(23,24)25/h4-11H,12H2,1-3H3,(H,29,31)(H2,26,27,28). The summed E-state index contributed by atoms with van der Waals surface area (Å²) in [6, 6.07) is 8.57. The van der Waals surface area contributed by atoms with Crippen molar-refractivity contribution in [3.8, 4) is 11.1 Å². The van der Waals surface area contributed by atoms with E-state index in [2.05, 4.69) is 15.3 Å². The average molecular weight is 429 g/mol. The average Bonchev–Trinajstić information content (AvgIpc) is 2.67.